The lowest BCUT2D eigenvalue weighted by Crippen LogP contribution is -2.18. The summed E-state index contributed by atoms with van der Waals surface area (Å²) in [5.41, 5.74) is 1.71. The van der Waals surface area contributed by atoms with Gasteiger partial charge in [0.05, 0.1) is 11.7 Å². The van der Waals surface area contributed by atoms with Crippen LogP contribution in [0.25, 0.3) is 0 Å². The van der Waals surface area contributed by atoms with Gasteiger partial charge in [-0.1, -0.05) is 38.5 Å². The third-order valence-corrected chi connectivity index (χ3v) is 5.09. The Morgan fingerprint density at radius 2 is 1.65 bits per heavy atom. The molecule has 3 rings (SSSR count). The number of carbonyl (C=O) groups is 1. The van der Waals surface area contributed by atoms with Crippen molar-refractivity contribution in [2.45, 2.75) is 76.2 Å². The van der Waals surface area contributed by atoms with E-state index in [4.69, 9.17) is 16.7 Å². The molecule has 1 heterocycles. The highest BCUT2D eigenvalue weighted by atomic mass is 35.5. The summed E-state index contributed by atoms with van der Waals surface area (Å²) in [7, 11) is 0. The van der Waals surface area contributed by atoms with Crippen LogP contribution in [0.15, 0.2) is 6.07 Å². The van der Waals surface area contributed by atoms with Gasteiger partial charge in [0.25, 0.3) is 5.24 Å². The molecule has 1 aromatic heterocycles. The molecule has 110 valence electrons. The zero-order valence-electron chi connectivity index (χ0n) is 12.0. The van der Waals surface area contributed by atoms with Gasteiger partial charge in [-0.3, -0.25) is 9.48 Å². The largest absolute Gasteiger partial charge is 0.274 e. The zero-order chi connectivity index (χ0) is 13.9. The normalized spacial score (nSPS) is 22.1. The molecule has 0 bridgehead atoms. The van der Waals surface area contributed by atoms with E-state index in [0.717, 1.165) is 18.5 Å². The van der Waals surface area contributed by atoms with Crippen molar-refractivity contribution >= 4 is 16.8 Å². The Kier molecular flexibility index (Phi) is 4.45. The lowest BCUT2D eigenvalue weighted by molar-refractivity contribution is 0.106. The van der Waals surface area contributed by atoms with Crippen LogP contribution >= 0.6 is 11.6 Å². The van der Waals surface area contributed by atoms with E-state index in [2.05, 4.69) is 0 Å². The third kappa shape index (κ3) is 2.93. The monoisotopic (exact) mass is 294 g/mol. The fourth-order valence-electron chi connectivity index (χ4n) is 3.76. The van der Waals surface area contributed by atoms with Gasteiger partial charge in [0.2, 0.25) is 0 Å². The zero-order valence-corrected chi connectivity index (χ0v) is 12.7. The quantitative estimate of drug-likeness (QED) is 0.749. The van der Waals surface area contributed by atoms with Gasteiger partial charge in [0.1, 0.15) is 5.69 Å². The van der Waals surface area contributed by atoms with Gasteiger partial charge in [-0.15, -0.1) is 0 Å². The Morgan fingerprint density at radius 3 is 2.25 bits per heavy atom. The van der Waals surface area contributed by atoms with Gasteiger partial charge in [0, 0.05) is 5.92 Å². The summed E-state index contributed by atoms with van der Waals surface area (Å²) in [4.78, 5) is 11.7. The van der Waals surface area contributed by atoms with E-state index in [0.29, 0.717) is 17.7 Å². The number of aromatic nitrogens is 2. The molecule has 2 saturated carbocycles. The van der Waals surface area contributed by atoms with Crippen molar-refractivity contribution < 1.29 is 4.79 Å². The van der Waals surface area contributed by atoms with Crippen molar-refractivity contribution in [2.24, 2.45) is 0 Å². The molecule has 0 aromatic carbocycles. The van der Waals surface area contributed by atoms with Gasteiger partial charge in [-0.25, -0.2) is 0 Å². The summed E-state index contributed by atoms with van der Waals surface area (Å²) in [6, 6.07) is 2.33. The van der Waals surface area contributed by atoms with Crippen LogP contribution in [0.1, 0.15) is 92.4 Å². The minimum absolute atomic E-state index is 0.356. The fourth-order valence-corrected chi connectivity index (χ4v) is 3.90. The van der Waals surface area contributed by atoms with Gasteiger partial charge in [0.15, 0.2) is 0 Å². The molecule has 3 nitrogen and oxygen atoms in total. The summed E-state index contributed by atoms with van der Waals surface area (Å²) in [6.45, 7) is 0. The van der Waals surface area contributed by atoms with E-state index < -0.39 is 0 Å². The Morgan fingerprint density at radius 1 is 1.05 bits per heavy atom. The van der Waals surface area contributed by atoms with Gasteiger partial charge >= 0.3 is 0 Å². The summed E-state index contributed by atoms with van der Waals surface area (Å²) in [5.74, 6) is 0.531. The summed E-state index contributed by atoms with van der Waals surface area (Å²) in [6.07, 6.45) is 12.3. The van der Waals surface area contributed by atoms with Crippen molar-refractivity contribution in [3.05, 3.63) is 17.5 Å². The predicted octanol–water partition coefficient (Wildman–Crippen LogP) is 4.82. The van der Waals surface area contributed by atoms with Crippen molar-refractivity contribution in [1.82, 2.24) is 9.78 Å². The van der Waals surface area contributed by atoms with Crippen LogP contribution in [0.2, 0.25) is 0 Å². The molecule has 0 atom stereocenters. The molecule has 0 spiro atoms. The van der Waals surface area contributed by atoms with Gasteiger partial charge < -0.3 is 0 Å². The van der Waals surface area contributed by atoms with E-state index in [1.54, 1.807) is 0 Å². The average Bonchev–Trinajstić information content (AvgIpc) is 2.94. The minimum atomic E-state index is -0.356. The maximum absolute atomic E-state index is 11.7. The second kappa shape index (κ2) is 6.30. The first-order valence-electron chi connectivity index (χ1n) is 8.05. The molecule has 0 radical (unpaired) electrons. The van der Waals surface area contributed by atoms with Crippen LogP contribution in [-0.4, -0.2) is 15.0 Å². The standard InChI is InChI=1S/C16H23ClN2O/c17-16(20)15-11-14(12-7-3-1-4-8-12)18-19(15)13-9-5-2-6-10-13/h11-13H,1-10H2. The molecule has 0 amide bonds. The summed E-state index contributed by atoms with van der Waals surface area (Å²) in [5, 5.41) is 4.43. The maximum Gasteiger partial charge on any atom is 0.270 e. The Bertz CT molecular complexity index is 471. The molecule has 2 aliphatic rings. The topological polar surface area (TPSA) is 34.9 Å². The first kappa shape index (κ1) is 14.1. The highest BCUT2D eigenvalue weighted by Gasteiger charge is 2.26. The van der Waals surface area contributed by atoms with Crippen LogP contribution in [0.3, 0.4) is 0 Å². The van der Waals surface area contributed by atoms with E-state index >= 15 is 0 Å². The van der Waals surface area contributed by atoms with Crippen LogP contribution in [-0.2, 0) is 0 Å². The molecule has 2 aliphatic carbocycles. The number of rotatable bonds is 3. The van der Waals surface area contributed by atoms with Crippen LogP contribution in [0.4, 0.5) is 0 Å². The smallest absolute Gasteiger partial charge is 0.270 e. The highest BCUT2D eigenvalue weighted by Crippen LogP contribution is 2.35. The molecule has 1 aromatic rings. The molecule has 2 fully saturated rings. The van der Waals surface area contributed by atoms with E-state index in [1.807, 2.05) is 10.7 Å². The van der Waals surface area contributed by atoms with Gasteiger partial charge in [-0.2, -0.15) is 5.10 Å². The molecule has 0 aliphatic heterocycles. The molecule has 0 N–H and O–H groups in total. The Balaban J connectivity index is 1.87. The molecular weight excluding hydrogens is 272 g/mol. The fraction of sp³-hybridized carbons (Fsp3) is 0.750. The molecular formula is C16H23ClN2O. The number of carbonyl (C=O) groups excluding carboxylic acids is 1. The molecule has 4 heteroatoms. The highest BCUT2D eigenvalue weighted by molar-refractivity contribution is 6.67. The Hall–Kier alpha value is -0.830. The predicted molar refractivity (Wildman–Crippen MR) is 80.4 cm³/mol. The third-order valence-electron chi connectivity index (χ3n) is 4.90. The van der Waals surface area contributed by atoms with Gasteiger partial charge in [-0.05, 0) is 43.4 Å². The first-order valence-corrected chi connectivity index (χ1v) is 8.43. The van der Waals surface area contributed by atoms with Crippen LogP contribution < -0.4 is 0 Å². The lowest BCUT2D eigenvalue weighted by atomic mass is 9.87. The molecule has 0 unspecified atom stereocenters. The second-order valence-electron chi connectivity index (χ2n) is 6.30. The van der Waals surface area contributed by atoms with E-state index in [-0.39, 0.29) is 5.24 Å². The number of nitrogens with zero attached hydrogens (tertiary/aromatic N) is 2. The molecule has 0 saturated heterocycles. The number of hydrogen-bond donors (Lipinski definition) is 0. The van der Waals surface area contributed by atoms with Crippen molar-refractivity contribution in [3.63, 3.8) is 0 Å². The Labute approximate surface area is 125 Å². The van der Waals surface area contributed by atoms with E-state index in [9.17, 15) is 4.79 Å². The van der Waals surface area contributed by atoms with Crippen LogP contribution in [0.5, 0.6) is 0 Å². The molecule has 20 heavy (non-hydrogen) atoms. The van der Waals surface area contributed by atoms with Crippen molar-refractivity contribution in [2.75, 3.05) is 0 Å². The lowest BCUT2D eigenvalue weighted by Gasteiger charge is -2.23. The second-order valence-corrected chi connectivity index (χ2v) is 6.64. The van der Waals surface area contributed by atoms with E-state index in [1.165, 1.54) is 51.4 Å². The number of halogens is 1. The maximum atomic E-state index is 11.7. The minimum Gasteiger partial charge on any atom is -0.274 e. The SMILES string of the molecule is O=C(Cl)c1cc(C2CCCCC2)nn1C1CCCCC1. The first-order chi connectivity index (χ1) is 9.75. The average molecular weight is 295 g/mol. The van der Waals surface area contributed by atoms with Crippen molar-refractivity contribution in [3.8, 4) is 0 Å². The summed E-state index contributed by atoms with van der Waals surface area (Å²) >= 11 is 5.78. The number of hydrogen-bond acceptors (Lipinski definition) is 2. The summed E-state index contributed by atoms with van der Waals surface area (Å²) < 4.78 is 1.94. The van der Waals surface area contributed by atoms with Crippen LogP contribution in [0, 0.1) is 0 Å². The van der Waals surface area contributed by atoms with Crippen molar-refractivity contribution in [1.29, 1.82) is 0 Å².